The molecule has 0 aromatic rings. The van der Waals surface area contributed by atoms with E-state index >= 15 is 0 Å². The Morgan fingerprint density at radius 1 is 1.05 bits per heavy atom. The first-order valence-electron chi connectivity index (χ1n) is 7.73. The molecule has 3 fully saturated rings. The number of nitrogens with one attached hydrogen (secondary N) is 2. The SMILES string of the molecule is O=C1NC2NC(S(=O)(=O)C3CCCCC3)CCC2C(=O)N1O. The van der Waals surface area contributed by atoms with Crippen LogP contribution in [-0.2, 0) is 14.6 Å². The molecule has 22 heavy (non-hydrogen) atoms. The minimum Gasteiger partial charge on any atom is -0.320 e. The minimum absolute atomic E-state index is 0.0683. The Bertz CT molecular complexity index is 572. The van der Waals surface area contributed by atoms with Gasteiger partial charge in [0.2, 0.25) is 0 Å². The van der Waals surface area contributed by atoms with Gasteiger partial charge in [-0.15, -0.1) is 5.06 Å². The van der Waals surface area contributed by atoms with Crippen LogP contribution >= 0.6 is 0 Å². The molecule has 2 heterocycles. The van der Waals surface area contributed by atoms with Crippen LogP contribution in [0, 0.1) is 5.92 Å². The van der Waals surface area contributed by atoms with E-state index < -0.39 is 39.2 Å². The summed E-state index contributed by atoms with van der Waals surface area (Å²) in [5, 5.41) is 13.7. The van der Waals surface area contributed by atoms with Crippen LogP contribution in [-0.4, -0.2) is 47.4 Å². The van der Waals surface area contributed by atoms with Crippen molar-refractivity contribution < 1.29 is 23.2 Å². The van der Waals surface area contributed by atoms with Crippen molar-refractivity contribution in [2.75, 3.05) is 0 Å². The zero-order valence-corrected chi connectivity index (χ0v) is 13.0. The Labute approximate surface area is 129 Å². The zero-order chi connectivity index (χ0) is 15.9. The molecule has 1 saturated carbocycles. The van der Waals surface area contributed by atoms with E-state index in [1.807, 2.05) is 0 Å². The van der Waals surface area contributed by atoms with Crippen LogP contribution in [0.4, 0.5) is 4.79 Å². The number of carbonyl (C=O) groups is 2. The van der Waals surface area contributed by atoms with E-state index in [9.17, 15) is 23.2 Å². The molecule has 9 heteroatoms. The maximum atomic E-state index is 12.7. The van der Waals surface area contributed by atoms with E-state index in [0.29, 0.717) is 25.7 Å². The van der Waals surface area contributed by atoms with Crippen LogP contribution in [0.15, 0.2) is 0 Å². The highest BCUT2D eigenvalue weighted by atomic mass is 32.2. The van der Waals surface area contributed by atoms with Crippen LogP contribution in [0.1, 0.15) is 44.9 Å². The number of nitrogens with zero attached hydrogens (tertiary/aromatic N) is 1. The highest BCUT2D eigenvalue weighted by Gasteiger charge is 2.47. The largest absolute Gasteiger partial charge is 0.349 e. The summed E-state index contributed by atoms with van der Waals surface area (Å²) in [6.45, 7) is 0. The van der Waals surface area contributed by atoms with Gasteiger partial charge in [-0.05, 0) is 25.7 Å². The molecular weight excluding hydrogens is 310 g/mol. The number of carbonyl (C=O) groups excluding carboxylic acids is 2. The van der Waals surface area contributed by atoms with Crippen molar-refractivity contribution in [3.05, 3.63) is 0 Å². The molecule has 0 radical (unpaired) electrons. The Balaban J connectivity index is 1.73. The van der Waals surface area contributed by atoms with E-state index in [4.69, 9.17) is 0 Å². The Hall–Kier alpha value is -1.19. The third-order valence-corrected chi connectivity index (χ3v) is 7.48. The third-order valence-electron chi connectivity index (χ3n) is 4.92. The fourth-order valence-corrected chi connectivity index (χ4v) is 5.90. The number of sulfone groups is 1. The predicted molar refractivity (Wildman–Crippen MR) is 76.4 cm³/mol. The number of hydrogen-bond acceptors (Lipinski definition) is 6. The third kappa shape index (κ3) is 2.61. The van der Waals surface area contributed by atoms with Crippen LogP contribution < -0.4 is 10.6 Å². The van der Waals surface area contributed by atoms with Gasteiger partial charge in [0.1, 0.15) is 5.37 Å². The predicted octanol–water partition coefficient (Wildman–Crippen LogP) is 0.327. The quantitative estimate of drug-likeness (QED) is 0.628. The number of rotatable bonds is 2. The molecule has 3 unspecified atom stereocenters. The number of imide groups is 1. The second-order valence-corrected chi connectivity index (χ2v) is 8.68. The van der Waals surface area contributed by atoms with Gasteiger partial charge in [-0.3, -0.25) is 15.3 Å². The number of urea groups is 1. The molecule has 8 nitrogen and oxygen atoms in total. The normalized spacial score (nSPS) is 34.2. The van der Waals surface area contributed by atoms with Gasteiger partial charge in [-0.2, -0.15) is 0 Å². The lowest BCUT2D eigenvalue weighted by atomic mass is 9.93. The molecule has 2 aliphatic heterocycles. The van der Waals surface area contributed by atoms with Crippen molar-refractivity contribution in [2.45, 2.75) is 61.7 Å². The fourth-order valence-electron chi connectivity index (χ4n) is 3.64. The van der Waals surface area contributed by atoms with Gasteiger partial charge in [0.05, 0.1) is 17.3 Å². The van der Waals surface area contributed by atoms with Gasteiger partial charge in [0, 0.05) is 0 Å². The molecule has 3 aliphatic rings. The minimum atomic E-state index is -3.33. The summed E-state index contributed by atoms with van der Waals surface area (Å²) >= 11 is 0. The molecule has 3 N–H and O–H groups in total. The first-order valence-corrected chi connectivity index (χ1v) is 9.34. The molecule has 0 spiro atoms. The monoisotopic (exact) mass is 331 g/mol. The summed E-state index contributed by atoms with van der Waals surface area (Å²) in [6.07, 6.45) is 4.20. The van der Waals surface area contributed by atoms with Gasteiger partial charge in [0.15, 0.2) is 9.84 Å². The first-order chi connectivity index (χ1) is 10.4. The van der Waals surface area contributed by atoms with Gasteiger partial charge >= 0.3 is 6.03 Å². The Kier molecular flexibility index (Phi) is 4.13. The summed E-state index contributed by atoms with van der Waals surface area (Å²) in [5.41, 5.74) is 0. The number of piperidine rings is 1. The van der Waals surface area contributed by atoms with E-state index in [2.05, 4.69) is 10.6 Å². The Morgan fingerprint density at radius 2 is 1.73 bits per heavy atom. The topological polar surface area (TPSA) is 116 Å². The lowest BCUT2D eigenvalue weighted by molar-refractivity contribution is -0.164. The van der Waals surface area contributed by atoms with Crippen LogP contribution in [0.5, 0.6) is 0 Å². The molecule has 2 saturated heterocycles. The number of hydrogen-bond donors (Lipinski definition) is 3. The van der Waals surface area contributed by atoms with Crippen LogP contribution in [0.3, 0.4) is 0 Å². The van der Waals surface area contributed by atoms with Crippen molar-refractivity contribution in [1.29, 1.82) is 0 Å². The maximum absolute atomic E-state index is 12.7. The lowest BCUT2D eigenvalue weighted by Crippen LogP contribution is -2.68. The van der Waals surface area contributed by atoms with Gasteiger partial charge < -0.3 is 5.32 Å². The summed E-state index contributed by atoms with van der Waals surface area (Å²) in [4.78, 5) is 23.3. The van der Waals surface area contributed by atoms with Gasteiger partial charge in [0.25, 0.3) is 5.91 Å². The second-order valence-electron chi connectivity index (χ2n) is 6.27. The van der Waals surface area contributed by atoms with E-state index in [1.165, 1.54) is 0 Å². The average molecular weight is 331 g/mol. The van der Waals surface area contributed by atoms with Crippen LogP contribution in [0.2, 0.25) is 0 Å². The van der Waals surface area contributed by atoms with Crippen molar-refractivity contribution >= 4 is 21.8 Å². The van der Waals surface area contributed by atoms with Crippen molar-refractivity contribution in [2.24, 2.45) is 5.92 Å². The zero-order valence-electron chi connectivity index (χ0n) is 12.2. The maximum Gasteiger partial charge on any atom is 0.349 e. The van der Waals surface area contributed by atoms with E-state index in [-0.39, 0.29) is 10.3 Å². The van der Waals surface area contributed by atoms with Crippen molar-refractivity contribution in [3.8, 4) is 0 Å². The molecule has 3 rings (SSSR count). The molecule has 0 aromatic heterocycles. The first kappa shape index (κ1) is 15.7. The van der Waals surface area contributed by atoms with Crippen molar-refractivity contribution in [3.63, 3.8) is 0 Å². The smallest absolute Gasteiger partial charge is 0.320 e. The van der Waals surface area contributed by atoms with Crippen LogP contribution in [0.25, 0.3) is 0 Å². The molecule has 3 amide bonds. The summed E-state index contributed by atoms with van der Waals surface area (Å²) in [5.74, 6) is -1.31. The summed E-state index contributed by atoms with van der Waals surface area (Å²) in [7, 11) is -3.33. The molecule has 1 aliphatic carbocycles. The molecule has 0 aromatic carbocycles. The Morgan fingerprint density at radius 3 is 2.41 bits per heavy atom. The number of fused-ring (bicyclic) bond motifs is 1. The average Bonchev–Trinajstić information content (AvgIpc) is 2.53. The number of hydroxylamine groups is 2. The van der Waals surface area contributed by atoms with Gasteiger partial charge in [-0.1, -0.05) is 19.3 Å². The molecule has 124 valence electrons. The molecule has 0 bridgehead atoms. The standard InChI is InChI=1S/C13H21N3O5S/c17-12-9-6-7-10(14-11(9)15-13(18)16(12)19)22(20,21)8-4-2-1-3-5-8/h8-11,14,19H,1-7H2,(H,15,18). The molecular formula is C13H21N3O5S. The van der Waals surface area contributed by atoms with E-state index in [0.717, 1.165) is 19.3 Å². The fraction of sp³-hybridized carbons (Fsp3) is 0.846. The van der Waals surface area contributed by atoms with Crippen molar-refractivity contribution in [1.82, 2.24) is 15.7 Å². The lowest BCUT2D eigenvalue weighted by Gasteiger charge is -2.41. The summed E-state index contributed by atoms with van der Waals surface area (Å²) in [6, 6.07) is -0.922. The summed E-state index contributed by atoms with van der Waals surface area (Å²) < 4.78 is 25.4. The van der Waals surface area contributed by atoms with E-state index in [1.54, 1.807) is 0 Å². The molecule has 3 atom stereocenters. The highest BCUT2D eigenvalue weighted by molar-refractivity contribution is 7.92. The number of amides is 3. The highest BCUT2D eigenvalue weighted by Crippen LogP contribution is 2.31. The second kappa shape index (κ2) is 5.78. The van der Waals surface area contributed by atoms with Gasteiger partial charge in [-0.25, -0.2) is 13.2 Å².